The lowest BCUT2D eigenvalue weighted by Crippen LogP contribution is -2.29. The molecular weight excluding hydrogens is 193 g/mol. The summed E-state index contributed by atoms with van der Waals surface area (Å²) >= 11 is 0. The van der Waals surface area contributed by atoms with Gasteiger partial charge in [0.25, 0.3) is 0 Å². The standard InChI is InChI=1S/C10H12BNO3/c13-10(7-1-2-7)12-9-5-3-8(4-6-9)11(14)15/h3-7,14-15H,1-2H2,(H,12,13). The number of carbonyl (C=O) groups is 1. The summed E-state index contributed by atoms with van der Waals surface area (Å²) in [4.78, 5) is 11.4. The number of hydrogen-bond donors (Lipinski definition) is 3. The number of hydrogen-bond acceptors (Lipinski definition) is 3. The molecular formula is C10H12BNO3. The van der Waals surface area contributed by atoms with Gasteiger partial charge in [0.2, 0.25) is 5.91 Å². The van der Waals surface area contributed by atoms with Crippen LogP contribution in [0.2, 0.25) is 0 Å². The van der Waals surface area contributed by atoms with E-state index in [0.717, 1.165) is 12.8 Å². The molecule has 1 aliphatic rings. The normalized spacial score (nSPS) is 14.8. The lowest BCUT2D eigenvalue weighted by molar-refractivity contribution is -0.117. The third-order valence-electron chi connectivity index (χ3n) is 2.42. The van der Waals surface area contributed by atoms with Crippen molar-refractivity contribution in [1.82, 2.24) is 0 Å². The molecule has 1 aliphatic carbocycles. The van der Waals surface area contributed by atoms with Gasteiger partial charge in [0.1, 0.15) is 0 Å². The first kappa shape index (κ1) is 10.2. The second-order valence-electron chi connectivity index (χ2n) is 3.76. The van der Waals surface area contributed by atoms with Gasteiger partial charge in [-0.2, -0.15) is 0 Å². The lowest BCUT2D eigenvalue weighted by Gasteiger charge is -2.05. The summed E-state index contributed by atoms with van der Waals surface area (Å²) in [6.07, 6.45) is 1.94. The van der Waals surface area contributed by atoms with E-state index in [1.54, 1.807) is 24.3 Å². The van der Waals surface area contributed by atoms with E-state index in [4.69, 9.17) is 10.0 Å². The molecule has 5 heteroatoms. The zero-order valence-electron chi connectivity index (χ0n) is 8.18. The summed E-state index contributed by atoms with van der Waals surface area (Å²) < 4.78 is 0. The molecule has 0 unspecified atom stereocenters. The van der Waals surface area contributed by atoms with Crippen molar-refractivity contribution in [3.8, 4) is 0 Å². The molecule has 3 N–H and O–H groups in total. The quantitative estimate of drug-likeness (QED) is 0.594. The van der Waals surface area contributed by atoms with Gasteiger partial charge in [-0.1, -0.05) is 12.1 Å². The first-order chi connectivity index (χ1) is 7.16. The highest BCUT2D eigenvalue weighted by atomic mass is 16.4. The number of carbonyl (C=O) groups excluding carboxylic acids is 1. The molecule has 0 saturated heterocycles. The van der Waals surface area contributed by atoms with Gasteiger partial charge in [-0.25, -0.2) is 0 Å². The van der Waals surface area contributed by atoms with E-state index < -0.39 is 7.12 Å². The Hall–Kier alpha value is -1.33. The van der Waals surface area contributed by atoms with Gasteiger partial charge >= 0.3 is 7.12 Å². The van der Waals surface area contributed by atoms with E-state index in [1.165, 1.54) is 0 Å². The van der Waals surface area contributed by atoms with Gasteiger partial charge in [-0.3, -0.25) is 4.79 Å². The minimum atomic E-state index is -1.46. The van der Waals surface area contributed by atoms with Crippen LogP contribution in [0.3, 0.4) is 0 Å². The Labute approximate surface area is 88.1 Å². The highest BCUT2D eigenvalue weighted by Crippen LogP contribution is 2.29. The summed E-state index contributed by atoms with van der Waals surface area (Å²) in [6, 6.07) is 6.48. The molecule has 4 nitrogen and oxygen atoms in total. The van der Waals surface area contributed by atoms with E-state index in [-0.39, 0.29) is 11.8 Å². The molecule has 1 aromatic rings. The van der Waals surface area contributed by atoms with Crippen LogP contribution in [0.25, 0.3) is 0 Å². The zero-order chi connectivity index (χ0) is 10.8. The molecule has 0 aliphatic heterocycles. The van der Waals surface area contributed by atoms with Gasteiger partial charge in [-0.05, 0) is 30.4 Å². The van der Waals surface area contributed by atoms with Gasteiger partial charge in [0, 0.05) is 11.6 Å². The Morgan fingerprint density at radius 3 is 2.33 bits per heavy atom. The minimum Gasteiger partial charge on any atom is -0.423 e. The molecule has 2 rings (SSSR count). The molecule has 1 amide bonds. The van der Waals surface area contributed by atoms with Gasteiger partial charge in [0.05, 0.1) is 0 Å². The fourth-order valence-electron chi connectivity index (χ4n) is 1.33. The van der Waals surface area contributed by atoms with Crippen LogP contribution in [-0.4, -0.2) is 23.1 Å². The third kappa shape index (κ3) is 2.58. The van der Waals surface area contributed by atoms with Crippen molar-refractivity contribution in [2.45, 2.75) is 12.8 Å². The van der Waals surface area contributed by atoms with E-state index >= 15 is 0 Å². The maximum Gasteiger partial charge on any atom is 0.488 e. The molecule has 0 spiro atoms. The number of benzene rings is 1. The monoisotopic (exact) mass is 205 g/mol. The number of anilines is 1. The molecule has 0 bridgehead atoms. The second kappa shape index (κ2) is 4.04. The van der Waals surface area contributed by atoms with Gasteiger partial charge < -0.3 is 15.4 Å². The van der Waals surface area contributed by atoms with Crippen molar-refractivity contribution in [2.75, 3.05) is 5.32 Å². The highest BCUT2D eigenvalue weighted by molar-refractivity contribution is 6.58. The number of rotatable bonds is 3. The summed E-state index contributed by atoms with van der Waals surface area (Å²) in [5, 5.41) is 20.5. The Kier molecular flexibility index (Phi) is 2.75. The molecule has 1 aromatic carbocycles. The van der Waals surface area contributed by atoms with Gasteiger partial charge in [0.15, 0.2) is 0 Å². The van der Waals surface area contributed by atoms with Gasteiger partial charge in [-0.15, -0.1) is 0 Å². The van der Waals surface area contributed by atoms with Crippen molar-refractivity contribution in [3.05, 3.63) is 24.3 Å². The molecule has 0 aromatic heterocycles. The topological polar surface area (TPSA) is 69.6 Å². The number of amides is 1. The van der Waals surface area contributed by atoms with Crippen molar-refractivity contribution >= 4 is 24.2 Å². The van der Waals surface area contributed by atoms with E-state index in [9.17, 15) is 4.79 Å². The third-order valence-corrected chi connectivity index (χ3v) is 2.42. The van der Waals surface area contributed by atoms with Crippen LogP contribution in [-0.2, 0) is 4.79 Å². The average molecular weight is 205 g/mol. The van der Waals surface area contributed by atoms with Crippen LogP contribution < -0.4 is 10.8 Å². The zero-order valence-corrected chi connectivity index (χ0v) is 8.18. The van der Waals surface area contributed by atoms with Crippen LogP contribution >= 0.6 is 0 Å². The number of nitrogens with one attached hydrogen (secondary N) is 1. The Bertz CT molecular complexity index is 359. The largest absolute Gasteiger partial charge is 0.488 e. The van der Waals surface area contributed by atoms with E-state index in [0.29, 0.717) is 11.2 Å². The van der Waals surface area contributed by atoms with Crippen LogP contribution in [0.4, 0.5) is 5.69 Å². The summed E-state index contributed by atoms with van der Waals surface area (Å²) in [5.74, 6) is 0.223. The molecule has 1 fully saturated rings. The van der Waals surface area contributed by atoms with Crippen LogP contribution in [0.15, 0.2) is 24.3 Å². The summed E-state index contributed by atoms with van der Waals surface area (Å²) in [6.45, 7) is 0. The fourth-order valence-corrected chi connectivity index (χ4v) is 1.33. The molecule has 0 atom stereocenters. The lowest BCUT2D eigenvalue weighted by atomic mass is 9.80. The minimum absolute atomic E-state index is 0.0484. The maximum atomic E-state index is 11.4. The van der Waals surface area contributed by atoms with Crippen LogP contribution in [0.5, 0.6) is 0 Å². The van der Waals surface area contributed by atoms with Crippen molar-refractivity contribution in [1.29, 1.82) is 0 Å². The summed E-state index contributed by atoms with van der Waals surface area (Å²) in [7, 11) is -1.46. The first-order valence-electron chi connectivity index (χ1n) is 4.94. The predicted octanol–water partition coefficient (Wildman–Crippen LogP) is -0.285. The van der Waals surface area contributed by atoms with Crippen molar-refractivity contribution in [2.24, 2.45) is 5.92 Å². The Morgan fingerprint density at radius 2 is 1.87 bits per heavy atom. The SMILES string of the molecule is O=C(Nc1ccc(B(O)O)cc1)C1CC1. The van der Waals surface area contributed by atoms with Crippen LogP contribution in [0, 0.1) is 5.92 Å². The molecule has 0 heterocycles. The summed E-state index contributed by atoms with van der Waals surface area (Å²) in [5.41, 5.74) is 1.11. The first-order valence-corrected chi connectivity index (χ1v) is 4.94. The van der Waals surface area contributed by atoms with E-state index in [2.05, 4.69) is 5.32 Å². The predicted molar refractivity (Wildman–Crippen MR) is 57.6 cm³/mol. The molecule has 1 saturated carbocycles. The van der Waals surface area contributed by atoms with Crippen molar-refractivity contribution in [3.63, 3.8) is 0 Å². The fraction of sp³-hybridized carbons (Fsp3) is 0.300. The maximum absolute atomic E-state index is 11.4. The van der Waals surface area contributed by atoms with E-state index in [1.807, 2.05) is 0 Å². The molecule has 0 radical (unpaired) electrons. The van der Waals surface area contributed by atoms with Crippen LogP contribution in [0.1, 0.15) is 12.8 Å². The average Bonchev–Trinajstić information content (AvgIpc) is 3.01. The molecule has 78 valence electrons. The smallest absolute Gasteiger partial charge is 0.423 e. The molecule has 15 heavy (non-hydrogen) atoms. The van der Waals surface area contributed by atoms with Crippen molar-refractivity contribution < 1.29 is 14.8 Å². The Morgan fingerprint density at radius 1 is 1.27 bits per heavy atom. The Balaban J connectivity index is 2.00. The highest BCUT2D eigenvalue weighted by Gasteiger charge is 2.29. The second-order valence-corrected chi connectivity index (χ2v) is 3.76.